The molecule has 1 atom stereocenters. The van der Waals surface area contributed by atoms with E-state index < -0.39 is 33.3 Å². The van der Waals surface area contributed by atoms with Gasteiger partial charge in [-0.3, -0.25) is 4.68 Å². The highest BCUT2D eigenvalue weighted by Gasteiger charge is 2.39. The third-order valence-electron chi connectivity index (χ3n) is 3.64. The van der Waals surface area contributed by atoms with E-state index in [9.17, 15) is 17.2 Å². The van der Waals surface area contributed by atoms with E-state index in [2.05, 4.69) is 10.3 Å². The van der Waals surface area contributed by atoms with Gasteiger partial charge in [-0.1, -0.05) is 23.7 Å². The Morgan fingerprint density at radius 1 is 1.50 bits per heavy atom. The molecule has 2 rings (SSSR count). The van der Waals surface area contributed by atoms with E-state index >= 15 is 0 Å². The molecule has 1 aromatic rings. The second-order valence-corrected chi connectivity index (χ2v) is 7.74. The minimum atomic E-state index is -3.91. The van der Waals surface area contributed by atoms with Gasteiger partial charge in [0, 0.05) is 19.0 Å². The van der Waals surface area contributed by atoms with Crippen molar-refractivity contribution in [1.29, 1.82) is 0 Å². The van der Waals surface area contributed by atoms with Gasteiger partial charge in [-0.2, -0.15) is 5.10 Å². The first-order valence-corrected chi connectivity index (χ1v) is 8.60. The summed E-state index contributed by atoms with van der Waals surface area (Å²) in [4.78, 5) is 5.15. The number of hydrogen-bond donors (Lipinski definition) is 0. The summed E-state index contributed by atoms with van der Waals surface area (Å²) in [6.07, 6.45) is -2.23. The third kappa shape index (κ3) is 3.10. The SMILES string of the molecule is CCC1(C)CC(S(=O)(=O)Cc2c(C(F)F)nn(C)c2Cl)=NO1. The predicted molar refractivity (Wildman–Crippen MR) is 77.6 cm³/mol. The average Bonchev–Trinajstić information content (AvgIpc) is 2.96. The molecule has 0 radical (unpaired) electrons. The first-order valence-electron chi connectivity index (χ1n) is 6.57. The number of halogens is 3. The second kappa shape index (κ2) is 5.77. The predicted octanol–water partition coefficient (Wildman–Crippen LogP) is 2.83. The zero-order valence-corrected chi connectivity index (χ0v) is 13.9. The number of hydrogen-bond acceptors (Lipinski definition) is 5. The van der Waals surface area contributed by atoms with Crippen molar-refractivity contribution < 1.29 is 22.0 Å². The van der Waals surface area contributed by atoms with Gasteiger partial charge in [0.2, 0.25) is 0 Å². The number of oxime groups is 1. The van der Waals surface area contributed by atoms with E-state index in [0.717, 1.165) is 4.68 Å². The van der Waals surface area contributed by atoms with Crippen LogP contribution in [0.25, 0.3) is 0 Å². The number of sulfone groups is 1. The Morgan fingerprint density at radius 3 is 2.64 bits per heavy atom. The molecule has 0 spiro atoms. The van der Waals surface area contributed by atoms with Crippen molar-refractivity contribution in [2.45, 2.75) is 44.5 Å². The third-order valence-corrected chi connectivity index (χ3v) is 5.72. The van der Waals surface area contributed by atoms with E-state index in [0.29, 0.717) is 6.42 Å². The highest BCUT2D eigenvalue weighted by atomic mass is 35.5. The normalized spacial score (nSPS) is 22.0. The van der Waals surface area contributed by atoms with E-state index in [1.54, 1.807) is 6.92 Å². The zero-order valence-electron chi connectivity index (χ0n) is 12.3. The van der Waals surface area contributed by atoms with Crippen LogP contribution >= 0.6 is 11.6 Å². The smallest absolute Gasteiger partial charge is 0.282 e. The average molecular weight is 356 g/mol. The van der Waals surface area contributed by atoms with Crippen LogP contribution in [0.3, 0.4) is 0 Å². The second-order valence-electron chi connectivity index (χ2n) is 5.39. The molecule has 10 heteroatoms. The fourth-order valence-electron chi connectivity index (χ4n) is 2.05. The van der Waals surface area contributed by atoms with Gasteiger partial charge in [-0.25, -0.2) is 17.2 Å². The number of aryl methyl sites for hydroxylation is 1. The molecule has 0 N–H and O–H groups in total. The minimum absolute atomic E-state index is 0.105. The Morgan fingerprint density at radius 2 is 2.14 bits per heavy atom. The Balaban J connectivity index is 2.32. The lowest BCUT2D eigenvalue weighted by Crippen LogP contribution is -2.26. The lowest BCUT2D eigenvalue weighted by atomic mass is 10.0. The molecule has 0 aromatic carbocycles. The standard InChI is InChI=1S/C12H16ClF2N3O3S/c1-4-12(2)5-8(17-21-12)22(19,20)6-7-9(11(14)15)16-18(3)10(7)13/h11H,4-6H2,1-3H3. The maximum absolute atomic E-state index is 13.0. The Bertz CT molecular complexity index is 717. The number of alkyl halides is 2. The largest absolute Gasteiger partial charge is 0.388 e. The van der Waals surface area contributed by atoms with Crippen LogP contribution in [-0.2, 0) is 27.5 Å². The summed E-state index contributed by atoms with van der Waals surface area (Å²) in [5, 5.41) is 6.89. The van der Waals surface area contributed by atoms with Gasteiger partial charge in [0.25, 0.3) is 6.43 Å². The summed E-state index contributed by atoms with van der Waals surface area (Å²) in [7, 11) is -2.54. The van der Waals surface area contributed by atoms with Crippen molar-refractivity contribution in [3.8, 4) is 0 Å². The summed E-state index contributed by atoms with van der Waals surface area (Å²) in [6.45, 7) is 3.58. The zero-order chi connectivity index (χ0) is 16.7. The first-order chi connectivity index (χ1) is 10.1. The Kier molecular flexibility index (Phi) is 4.49. The fourth-order valence-corrected chi connectivity index (χ4v) is 3.84. The lowest BCUT2D eigenvalue weighted by Gasteiger charge is -2.18. The topological polar surface area (TPSA) is 73.5 Å². The van der Waals surface area contributed by atoms with Gasteiger partial charge in [-0.05, 0) is 13.3 Å². The maximum Gasteiger partial charge on any atom is 0.282 e. The molecule has 0 saturated heterocycles. The summed E-state index contributed by atoms with van der Waals surface area (Å²) < 4.78 is 51.7. The molecule has 0 fully saturated rings. The monoisotopic (exact) mass is 355 g/mol. The quantitative estimate of drug-likeness (QED) is 0.832. The van der Waals surface area contributed by atoms with E-state index in [-0.39, 0.29) is 22.2 Å². The van der Waals surface area contributed by atoms with Crippen LogP contribution in [0.4, 0.5) is 8.78 Å². The fraction of sp³-hybridized carbons (Fsp3) is 0.667. The molecule has 1 aliphatic rings. The van der Waals surface area contributed by atoms with Crippen LogP contribution in [-0.4, -0.2) is 28.8 Å². The Hall–Kier alpha value is -1.22. The minimum Gasteiger partial charge on any atom is -0.388 e. The van der Waals surface area contributed by atoms with Crippen LogP contribution in [0.2, 0.25) is 5.15 Å². The molecule has 124 valence electrons. The summed E-state index contributed by atoms with van der Waals surface area (Å²) in [6, 6.07) is 0. The van der Waals surface area contributed by atoms with Crippen LogP contribution in [0.1, 0.15) is 44.4 Å². The van der Waals surface area contributed by atoms with Crippen LogP contribution in [0.5, 0.6) is 0 Å². The van der Waals surface area contributed by atoms with Gasteiger partial charge in [0.15, 0.2) is 14.9 Å². The van der Waals surface area contributed by atoms with Gasteiger partial charge in [-0.15, -0.1) is 0 Å². The van der Waals surface area contributed by atoms with Crippen molar-refractivity contribution in [2.24, 2.45) is 12.2 Å². The molecule has 0 amide bonds. The summed E-state index contributed by atoms with van der Waals surface area (Å²) in [5.41, 5.74) is -1.52. The molecule has 1 aromatic heterocycles. The molecule has 22 heavy (non-hydrogen) atoms. The number of nitrogens with zero attached hydrogens (tertiary/aromatic N) is 3. The number of rotatable bonds is 4. The molecule has 0 saturated carbocycles. The van der Waals surface area contributed by atoms with Gasteiger partial charge in [0.1, 0.15) is 16.4 Å². The highest BCUT2D eigenvalue weighted by Crippen LogP contribution is 2.33. The number of aromatic nitrogens is 2. The van der Waals surface area contributed by atoms with Gasteiger partial charge in [0.05, 0.1) is 5.75 Å². The van der Waals surface area contributed by atoms with Gasteiger partial charge >= 0.3 is 0 Å². The van der Waals surface area contributed by atoms with E-state index in [1.807, 2.05) is 6.92 Å². The van der Waals surface area contributed by atoms with E-state index in [1.165, 1.54) is 7.05 Å². The van der Waals surface area contributed by atoms with E-state index in [4.69, 9.17) is 16.4 Å². The van der Waals surface area contributed by atoms with Crippen molar-refractivity contribution >= 4 is 26.5 Å². The summed E-state index contributed by atoms with van der Waals surface area (Å²) >= 11 is 5.89. The van der Waals surface area contributed by atoms with Crippen molar-refractivity contribution in [3.63, 3.8) is 0 Å². The molecule has 1 unspecified atom stereocenters. The molecule has 6 nitrogen and oxygen atoms in total. The first kappa shape index (κ1) is 17.1. The molecule has 0 bridgehead atoms. The van der Waals surface area contributed by atoms with Crippen LogP contribution in [0, 0.1) is 0 Å². The maximum atomic E-state index is 13.0. The van der Waals surface area contributed by atoms with Crippen molar-refractivity contribution in [3.05, 3.63) is 16.4 Å². The van der Waals surface area contributed by atoms with Crippen LogP contribution in [0.15, 0.2) is 5.16 Å². The molecular weight excluding hydrogens is 340 g/mol. The molecule has 0 aliphatic carbocycles. The lowest BCUT2D eigenvalue weighted by molar-refractivity contribution is -0.00604. The van der Waals surface area contributed by atoms with Gasteiger partial charge < -0.3 is 4.84 Å². The van der Waals surface area contributed by atoms with Crippen molar-refractivity contribution in [2.75, 3.05) is 0 Å². The molecule has 1 aliphatic heterocycles. The highest BCUT2D eigenvalue weighted by molar-refractivity contribution is 8.05. The van der Waals surface area contributed by atoms with Crippen LogP contribution < -0.4 is 0 Å². The summed E-state index contributed by atoms with van der Waals surface area (Å²) in [5.74, 6) is -0.679. The molecule has 2 heterocycles. The van der Waals surface area contributed by atoms with Crippen molar-refractivity contribution in [1.82, 2.24) is 9.78 Å². The molecular formula is C12H16ClF2N3O3S. The Labute approximate surface area is 132 Å².